The second-order valence-corrected chi connectivity index (χ2v) is 6.43. The molecule has 4 aromatic rings. The predicted molar refractivity (Wildman–Crippen MR) is 103 cm³/mol. The minimum Gasteiger partial charge on any atom is -0.436 e. The van der Waals surface area contributed by atoms with Crippen molar-refractivity contribution >= 4 is 22.7 Å². The zero-order valence-electron chi connectivity index (χ0n) is 14.9. The minimum atomic E-state index is -0.561. The number of hydrogen-bond acceptors (Lipinski definition) is 3. The molecule has 0 radical (unpaired) electrons. The Morgan fingerprint density at radius 2 is 1.81 bits per heavy atom. The Balaban J connectivity index is 1.64. The first-order chi connectivity index (χ1) is 13.0. The van der Waals surface area contributed by atoms with Gasteiger partial charge in [0.2, 0.25) is 5.89 Å². The first kappa shape index (κ1) is 17.0. The van der Waals surface area contributed by atoms with Crippen molar-refractivity contribution in [1.29, 1.82) is 0 Å². The van der Waals surface area contributed by atoms with E-state index in [1.54, 1.807) is 30.3 Å². The lowest BCUT2D eigenvalue weighted by Gasteiger charge is -2.05. The van der Waals surface area contributed by atoms with Crippen LogP contribution in [0.2, 0.25) is 0 Å². The lowest BCUT2D eigenvalue weighted by Crippen LogP contribution is -2.13. The maximum absolute atomic E-state index is 13.8. The van der Waals surface area contributed by atoms with Gasteiger partial charge in [0.1, 0.15) is 11.3 Å². The second-order valence-electron chi connectivity index (χ2n) is 6.43. The summed E-state index contributed by atoms with van der Waals surface area (Å²) in [4.78, 5) is 16.8. The molecule has 134 valence electrons. The number of benzene rings is 3. The molecule has 5 heteroatoms. The first-order valence-electron chi connectivity index (χ1n) is 8.55. The summed E-state index contributed by atoms with van der Waals surface area (Å²) in [6.45, 7) is 4.09. The van der Waals surface area contributed by atoms with Crippen molar-refractivity contribution in [3.05, 3.63) is 83.2 Å². The van der Waals surface area contributed by atoms with Crippen LogP contribution in [-0.2, 0) is 0 Å². The van der Waals surface area contributed by atoms with Crippen LogP contribution in [0.25, 0.3) is 22.6 Å². The van der Waals surface area contributed by atoms with Gasteiger partial charge in [0.05, 0.1) is 5.56 Å². The highest BCUT2D eigenvalue weighted by atomic mass is 19.1. The van der Waals surface area contributed by atoms with Crippen molar-refractivity contribution < 1.29 is 13.6 Å². The SMILES string of the molecule is Cc1ccc(-c2nc3cc(NC(=O)c4ccccc4F)ccc3o2)cc1C. The summed E-state index contributed by atoms with van der Waals surface area (Å²) >= 11 is 0. The van der Waals surface area contributed by atoms with E-state index in [2.05, 4.69) is 17.2 Å². The van der Waals surface area contributed by atoms with Gasteiger partial charge in [0.15, 0.2) is 5.58 Å². The lowest BCUT2D eigenvalue weighted by molar-refractivity contribution is 0.102. The number of rotatable bonds is 3. The van der Waals surface area contributed by atoms with Crippen LogP contribution in [0.1, 0.15) is 21.5 Å². The van der Waals surface area contributed by atoms with E-state index < -0.39 is 11.7 Å². The molecule has 1 amide bonds. The molecule has 3 aromatic carbocycles. The van der Waals surface area contributed by atoms with E-state index in [0.717, 1.165) is 11.1 Å². The van der Waals surface area contributed by atoms with Gasteiger partial charge in [-0.2, -0.15) is 0 Å². The molecule has 1 aromatic heterocycles. The Kier molecular flexibility index (Phi) is 4.20. The fourth-order valence-corrected chi connectivity index (χ4v) is 2.85. The number of aromatic nitrogens is 1. The number of oxazole rings is 1. The normalized spacial score (nSPS) is 10.9. The van der Waals surface area contributed by atoms with Gasteiger partial charge >= 0.3 is 0 Å². The summed E-state index contributed by atoms with van der Waals surface area (Å²) in [5.74, 6) is -0.550. The van der Waals surface area contributed by atoms with E-state index in [1.165, 1.54) is 17.7 Å². The van der Waals surface area contributed by atoms with E-state index >= 15 is 0 Å². The van der Waals surface area contributed by atoms with Crippen molar-refractivity contribution in [3.63, 3.8) is 0 Å². The highest BCUT2D eigenvalue weighted by Crippen LogP contribution is 2.27. The maximum Gasteiger partial charge on any atom is 0.258 e. The molecule has 0 saturated heterocycles. The zero-order chi connectivity index (χ0) is 19.0. The maximum atomic E-state index is 13.8. The average Bonchev–Trinajstić information content (AvgIpc) is 3.07. The molecular weight excluding hydrogens is 343 g/mol. The minimum absolute atomic E-state index is 0.00595. The molecule has 0 aliphatic heterocycles. The van der Waals surface area contributed by atoms with E-state index in [9.17, 15) is 9.18 Å². The molecule has 0 saturated carbocycles. The number of carbonyl (C=O) groups is 1. The molecule has 0 aliphatic carbocycles. The van der Waals surface area contributed by atoms with Crippen LogP contribution < -0.4 is 5.32 Å². The van der Waals surface area contributed by atoms with Gasteiger partial charge in [-0.1, -0.05) is 18.2 Å². The van der Waals surface area contributed by atoms with Gasteiger partial charge in [-0.3, -0.25) is 4.79 Å². The lowest BCUT2D eigenvalue weighted by atomic mass is 10.1. The highest BCUT2D eigenvalue weighted by molar-refractivity contribution is 6.05. The number of nitrogens with one attached hydrogen (secondary N) is 1. The summed E-state index contributed by atoms with van der Waals surface area (Å²) in [5.41, 5.74) is 5.01. The number of aryl methyl sites for hydroxylation is 2. The molecule has 0 fully saturated rings. The van der Waals surface area contributed by atoms with Crippen LogP contribution in [0.15, 0.2) is 65.1 Å². The van der Waals surface area contributed by atoms with Gasteiger partial charge in [-0.05, 0) is 67.4 Å². The third-order valence-corrected chi connectivity index (χ3v) is 4.52. The second kappa shape index (κ2) is 6.68. The van der Waals surface area contributed by atoms with Crippen molar-refractivity contribution in [2.75, 3.05) is 5.32 Å². The monoisotopic (exact) mass is 360 g/mol. The summed E-state index contributed by atoms with van der Waals surface area (Å²) < 4.78 is 19.6. The fourth-order valence-electron chi connectivity index (χ4n) is 2.85. The van der Waals surface area contributed by atoms with E-state index in [1.807, 2.05) is 25.1 Å². The Bertz CT molecular complexity index is 1160. The molecule has 0 spiro atoms. The van der Waals surface area contributed by atoms with Gasteiger partial charge in [-0.25, -0.2) is 9.37 Å². The topological polar surface area (TPSA) is 55.1 Å². The van der Waals surface area contributed by atoms with Crippen molar-refractivity contribution in [1.82, 2.24) is 4.98 Å². The molecule has 0 atom stereocenters. The molecule has 4 rings (SSSR count). The number of hydrogen-bond donors (Lipinski definition) is 1. The third-order valence-electron chi connectivity index (χ3n) is 4.52. The standard InChI is InChI=1S/C22H17FN2O2/c1-13-7-8-15(11-14(13)2)22-25-19-12-16(9-10-20(19)27-22)24-21(26)17-5-3-4-6-18(17)23/h3-12H,1-2H3,(H,24,26). The summed E-state index contributed by atoms with van der Waals surface area (Å²) in [6.07, 6.45) is 0. The van der Waals surface area contributed by atoms with Crippen LogP contribution in [-0.4, -0.2) is 10.9 Å². The van der Waals surface area contributed by atoms with Gasteiger partial charge < -0.3 is 9.73 Å². The van der Waals surface area contributed by atoms with Crippen LogP contribution in [0, 0.1) is 19.7 Å². The van der Waals surface area contributed by atoms with Gasteiger partial charge in [-0.15, -0.1) is 0 Å². The van der Waals surface area contributed by atoms with Crippen LogP contribution in [0.5, 0.6) is 0 Å². The van der Waals surface area contributed by atoms with Crippen molar-refractivity contribution in [2.45, 2.75) is 13.8 Å². The van der Waals surface area contributed by atoms with Crippen LogP contribution in [0.3, 0.4) is 0 Å². The van der Waals surface area contributed by atoms with E-state index in [0.29, 0.717) is 22.7 Å². The average molecular weight is 360 g/mol. The van der Waals surface area contributed by atoms with E-state index in [-0.39, 0.29) is 5.56 Å². The van der Waals surface area contributed by atoms with E-state index in [4.69, 9.17) is 4.42 Å². The Labute approximate surface area is 155 Å². The number of halogens is 1. The summed E-state index contributed by atoms with van der Waals surface area (Å²) in [5, 5.41) is 2.70. The Morgan fingerprint density at radius 1 is 1.00 bits per heavy atom. The highest BCUT2D eigenvalue weighted by Gasteiger charge is 2.13. The number of fused-ring (bicyclic) bond motifs is 1. The molecule has 0 unspecified atom stereocenters. The number of amides is 1. The molecule has 4 nitrogen and oxygen atoms in total. The van der Waals surface area contributed by atoms with Crippen LogP contribution >= 0.6 is 0 Å². The number of carbonyl (C=O) groups excluding carboxylic acids is 1. The summed E-state index contributed by atoms with van der Waals surface area (Å²) in [7, 11) is 0. The van der Waals surface area contributed by atoms with Gasteiger partial charge in [0, 0.05) is 11.3 Å². The quantitative estimate of drug-likeness (QED) is 0.525. The molecule has 1 heterocycles. The molecule has 0 aliphatic rings. The van der Waals surface area contributed by atoms with Gasteiger partial charge in [0.25, 0.3) is 5.91 Å². The van der Waals surface area contributed by atoms with Crippen molar-refractivity contribution in [2.24, 2.45) is 0 Å². The summed E-state index contributed by atoms with van der Waals surface area (Å²) in [6, 6.07) is 17.0. The third kappa shape index (κ3) is 3.31. The Morgan fingerprint density at radius 3 is 2.59 bits per heavy atom. The molecular formula is C22H17FN2O2. The number of anilines is 1. The molecule has 1 N–H and O–H groups in total. The predicted octanol–water partition coefficient (Wildman–Crippen LogP) is 5.50. The Hall–Kier alpha value is -3.47. The molecule has 0 bridgehead atoms. The first-order valence-corrected chi connectivity index (χ1v) is 8.55. The smallest absolute Gasteiger partial charge is 0.258 e. The van der Waals surface area contributed by atoms with Crippen LogP contribution in [0.4, 0.5) is 10.1 Å². The fraction of sp³-hybridized carbons (Fsp3) is 0.0909. The largest absolute Gasteiger partial charge is 0.436 e. The number of nitrogens with zero attached hydrogens (tertiary/aromatic N) is 1. The molecule has 27 heavy (non-hydrogen) atoms. The van der Waals surface area contributed by atoms with Crippen molar-refractivity contribution in [3.8, 4) is 11.5 Å². The zero-order valence-corrected chi connectivity index (χ0v) is 14.9.